The van der Waals surface area contributed by atoms with Crippen molar-refractivity contribution in [1.82, 2.24) is 10.4 Å². The van der Waals surface area contributed by atoms with Gasteiger partial charge in [-0.25, -0.2) is 10.2 Å². The topological polar surface area (TPSA) is 111 Å². The Kier molecular flexibility index (Phi) is 10.2. The maximum Gasteiger partial charge on any atom is 0.343 e. The van der Waals surface area contributed by atoms with Gasteiger partial charge in [0.05, 0.1) is 31.6 Å². The van der Waals surface area contributed by atoms with Crippen LogP contribution >= 0.6 is 11.6 Å². The summed E-state index contributed by atoms with van der Waals surface area (Å²) in [5.74, 6) is 0.568. The summed E-state index contributed by atoms with van der Waals surface area (Å²) >= 11 is 6.54. The van der Waals surface area contributed by atoms with Crippen molar-refractivity contribution < 1.29 is 28.5 Å². The fraction of sp³-hybridized carbons (Fsp3) is 0.194. The first-order valence-electron chi connectivity index (χ1n) is 14.9. The van der Waals surface area contributed by atoms with Crippen LogP contribution in [-0.2, 0) is 0 Å². The highest BCUT2D eigenvalue weighted by Gasteiger charge is 2.22. The molecule has 5 rings (SSSR count). The van der Waals surface area contributed by atoms with Gasteiger partial charge in [0.2, 0.25) is 0 Å². The van der Waals surface area contributed by atoms with Gasteiger partial charge in [-0.15, -0.1) is 0 Å². The number of hydrazone groups is 1. The van der Waals surface area contributed by atoms with Crippen molar-refractivity contribution in [3.05, 3.63) is 106 Å². The van der Waals surface area contributed by atoms with E-state index >= 15 is 0 Å². The summed E-state index contributed by atoms with van der Waals surface area (Å²) in [6, 6.07) is 23.1. The quantitative estimate of drug-likeness (QED) is 0.0620. The number of benzene rings is 4. The van der Waals surface area contributed by atoms with Gasteiger partial charge in [-0.3, -0.25) is 4.79 Å². The minimum absolute atomic E-state index is 0.234. The maximum atomic E-state index is 13.4. The summed E-state index contributed by atoms with van der Waals surface area (Å²) in [6.45, 7) is 8.75. The van der Waals surface area contributed by atoms with Crippen molar-refractivity contribution in [3.8, 4) is 34.1 Å². The molecule has 1 heterocycles. The predicted octanol–water partition coefficient (Wildman–Crippen LogP) is 7.98. The number of aromatic nitrogens is 1. The molecule has 0 saturated heterocycles. The van der Waals surface area contributed by atoms with Crippen LogP contribution in [0, 0.1) is 6.92 Å². The SMILES string of the molecule is CCOc1ccc(C(=O)Oc2ccc(C=NNC(=O)c3[nH]c4c(C)cccc4c3-c3ccccc3Cl)cc2OCC)cc1OCC. The number of esters is 1. The zero-order valence-electron chi connectivity index (χ0n) is 26.0. The number of carbonyl (C=O) groups excluding carboxylic acids is 2. The lowest BCUT2D eigenvalue weighted by molar-refractivity contribution is 0.0727. The number of ether oxygens (including phenoxy) is 4. The summed E-state index contributed by atoms with van der Waals surface area (Å²) < 4.78 is 22.7. The third-order valence-electron chi connectivity index (χ3n) is 7.04. The number of fused-ring (bicyclic) bond motifs is 1. The Bertz CT molecular complexity index is 1920. The molecule has 9 nitrogen and oxygen atoms in total. The van der Waals surface area contributed by atoms with E-state index in [4.69, 9.17) is 30.5 Å². The highest BCUT2D eigenvalue weighted by molar-refractivity contribution is 6.34. The number of nitrogens with zero attached hydrogens (tertiary/aromatic N) is 1. The smallest absolute Gasteiger partial charge is 0.343 e. The van der Waals surface area contributed by atoms with Crippen LogP contribution in [0.3, 0.4) is 0 Å². The van der Waals surface area contributed by atoms with Crippen molar-refractivity contribution >= 4 is 40.6 Å². The first-order valence-corrected chi connectivity index (χ1v) is 15.3. The standard InChI is InChI=1S/C36H34ClN3O6/c1-5-43-28-18-16-24(20-31(28)45-7-3)36(42)46-29-17-15-23(19-30(29)44-6-2)21-38-40-35(41)34-32(25-12-8-9-14-27(25)37)26-13-10-11-22(4)33(26)39-34/h8-21,39H,5-7H2,1-4H3,(H,40,41). The molecule has 10 heteroatoms. The van der Waals surface area contributed by atoms with E-state index in [1.165, 1.54) is 6.21 Å². The number of para-hydroxylation sites is 1. The average Bonchev–Trinajstić information content (AvgIpc) is 3.44. The molecular formula is C36H34ClN3O6. The molecule has 0 spiro atoms. The Labute approximate surface area is 272 Å². The van der Waals surface area contributed by atoms with E-state index < -0.39 is 11.9 Å². The highest BCUT2D eigenvalue weighted by Crippen LogP contribution is 2.37. The van der Waals surface area contributed by atoms with Crippen molar-refractivity contribution in [2.45, 2.75) is 27.7 Å². The Hall–Kier alpha value is -5.28. The Balaban J connectivity index is 1.35. The van der Waals surface area contributed by atoms with E-state index in [0.717, 1.165) is 22.0 Å². The van der Waals surface area contributed by atoms with Gasteiger partial charge in [-0.2, -0.15) is 5.10 Å². The number of hydrogen-bond donors (Lipinski definition) is 2. The summed E-state index contributed by atoms with van der Waals surface area (Å²) in [5.41, 5.74) is 7.14. The molecule has 0 saturated carbocycles. The normalized spacial score (nSPS) is 11.1. The second-order valence-electron chi connectivity index (χ2n) is 10.1. The fourth-order valence-corrected chi connectivity index (χ4v) is 5.22. The second-order valence-corrected chi connectivity index (χ2v) is 10.5. The van der Waals surface area contributed by atoms with Gasteiger partial charge in [0, 0.05) is 27.1 Å². The lowest BCUT2D eigenvalue weighted by atomic mass is 10.0. The van der Waals surface area contributed by atoms with Crippen LogP contribution in [0.15, 0.2) is 84.0 Å². The monoisotopic (exact) mass is 639 g/mol. The lowest BCUT2D eigenvalue weighted by Crippen LogP contribution is -2.19. The molecule has 2 N–H and O–H groups in total. The summed E-state index contributed by atoms with van der Waals surface area (Å²) in [6.07, 6.45) is 1.48. The minimum atomic E-state index is -0.582. The van der Waals surface area contributed by atoms with Gasteiger partial charge < -0.3 is 23.9 Å². The van der Waals surface area contributed by atoms with E-state index in [2.05, 4.69) is 15.5 Å². The van der Waals surface area contributed by atoms with Gasteiger partial charge in [0.25, 0.3) is 5.91 Å². The zero-order valence-corrected chi connectivity index (χ0v) is 26.7. The molecular weight excluding hydrogens is 606 g/mol. The van der Waals surface area contributed by atoms with E-state index in [1.807, 2.05) is 64.1 Å². The molecule has 0 unspecified atom stereocenters. The first kappa shape index (κ1) is 32.1. The summed E-state index contributed by atoms with van der Waals surface area (Å²) in [5, 5.41) is 5.60. The number of aryl methyl sites for hydroxylation is 1. The van der Waals surface area contributed by atoms with Crippen LogP contribution in [0.5, 0.6) is 23.0 Å². The van der Waals surface area contributed by atoms with Crippen molar-refractivity contribution in [1.29, 1.82) is 0 Å². The van der Waals surface area contributed by atoms with Gasteiger partial charge in [0.1, 0.15) is 5.69 Å². The number of amides is 1. The van der Waals surface area contributed by atoms with E-state index in [1.54, 1.807) is 42.5 Å². The van der Waals surface area contributed by atoms with Crippen LogP contribution in [-0.4, -0.2) is 42.9 Å². The van der Waals surface area contributed by atoms with E-state index in [0.29, 0.717) is 64.5 Å². The van der Waals surface area contributed by atoms with Crippen molar-refractivity contribution in [2.75, 3.05) is 19.8 Å². The van der Waals surface area contributed by atoms with E-state index in [9.17, 15) is 9.59 Å². The molecule has 0 aliphatic heterocycles. The predicted molar refractivity (Wildman–Crippen MR) is 180 cm³/mol. The Morgan fingerprint density at radius 3 is 2.26 bits per heavy atom. The molecule has 1 amide bonds. The molecule has 236 valence electrons. The number of H-pyrrole nitrogens is 1. The highest BCUT2D eigenvalue weighted by atomic mass is 35.5. The number of hydrogen-bond acceptors (Lipinski definition) is 7. The molecule has 46 heavy (non-hydrogen) atoms. The van der Waals surface area contributed by atoms with Gasteiger partial charge in [-0.05, 0) is 81.3 Å². The Morgan fingerprint density at radius 2 is 1.52 bits per heavy atom. The summed E-state index contributed by atoms with van der Waals surface area (Å²) in [4.78, 5) is 29.7. The second kappa shape index (κ2) is 14.7. The third kappa shape index (κ3) is 7.00. The molecule has 5 aromatic rings. The number of nitrogens with one attached hydrogen (secondary N) is 2. The number of halogens is 1. The maximum absolute atomic E-state index is 13.4. The molecule has 0 atom stereocenters. The van der Waals surface area contributed by atoms with E-state index in [-0.39, 0.29) is 5.75 Å². The van der Waals surface area contributed by atoms with Gasteiger partial charge in [0.15, 0.2) is 23.0 Å². The molecule has 0 aliphatic carbocycles. The third-order valence-corrected chi connectivity index (χ3v) is 7.37. The molecule has 0 bridgehead atoms. The molecule has 1 aromatic heterocycles. The van der Waals surface area contributed by atoms with Crippen LogP contribution in [0.25, 0.3) is 22.0 Å². The van der Waals surface area contributed by atoms with Crippen LogP contribution in [0.2, 0.25) is 5.02 Å². The largest absolute Gasteiger partial charge is 0.490 e. The first-order chi connectivity index (χ1) is 22.3. The van der Waals surface area contributed by atoms with Crippen LogP contribution in [0.1, 0.15) is 52.7 Å². The molecule has 4 aromatic carbocycles. The Morgan fingerprint density at radius 1 is 0.826 bits per heavy atom. The fourth-order valence-electron chi connectivity index (χ4n) is 4.99. The summed E-state index contributed by atoms with van der Waals surface area (Å²) in [7, 11) is 0. The van der Waals surface area contributed by atoms with Crippen LogP contribution < -0.4 is 24.4 Å². The minimum Gasteiger partial charge on any atom is -0.490 e. The average molecular weight is 640 g/mol. The molecule has 0 aliphatic rings. The van der Waals surface area contributed by atoms with Crippen molar-refractivity contribution in [3.63, 3.8) is 0 Å². The lowest BCUT2D eigenvalue weighted by Gasteiger charge is -2.13. The van der Waals surface area contributed by atoms with Gasteiger partial charge in [-0.1, -0.05) is 48.0 Å². The van der Waals surface area contributed by atoms with Gasteiger partial charge >= 0.3 is 5.97 Å². The molecule has 0 fully saturated rings. The number of carbonyl (C=O) groups is 2. The zero-order chi connectivity index (χ0) is 32.6. The molecule has 0 radical (unpaired) electrons. The van der Waals surface area contributed by atoms with Crippen LogP contribution in [0.4, 0.5) is 0 Å². The number of rotatable bonds is 12. The number of aromatic amines is 1. The van der Waals surface area contributed by atoms with Crippen molar-refractivity contribution in [2.24, 2.45) is 5.10 Å².